The molecule has 5 heterocycles. The Kier molecular flexibility index (Phi) is 13.1. The standard InChI is InChI=1S/C31H39BI2N4O2.2HI/c1-22-28-21-29-23(2)31(34)25(4)38(29)32(37(28)24(3)30(22)33,39-19-7-9-26-11-15-35(5)16-12-26)40-20-8-10-27-13-17-36(6)18-14-27;;/h11-18,21H,7-10,19-20H2,1-6H3;2*1H/q+2;;/p-2. The Morgan fingerprint density at radius 2 is 1.26 bits per heavy atom. The molecule has 6 nitrogen and oxygen atoms in total. The fraction of sp³-hybridized carbons (Fsp3) is 0.387. The van der Waals surface area contributed by atoms with Crippen LogP contribution < -0.4 is 57.1 Å². The third kappa shape index (κ3) is 7.05. The molecule has 0 aliphatic carbocycles. The first-order valence-corrected chi connectivity index (χ1v) is 16.2. The van der Waals surface area contributed by atoms with Gasteiger partial charge in [-0.25, -0.2) is 9.13 Å². The van der Waals surface area contributed by atoms with E-state index in [-0.39, 0.29) is 48.0 Å². The van der Waals surface area contributed by atoms with Gasteiger partial charge in [0.05, 0.1) is 3.58 Å². The fourth-order valence-corrected chi connectivity index (χ4v) is 6.99. The molecular formula is C31H39BI4N4O2. The number of aromatic nitrogens is 3. The van der Waals surface area contributed by atoms with Crippen LogP contribution in [0.15, 0.2) is 63.9 Å². The van der Waals surface area contributed by atoms with Gasteiger partial charge in [-0.15, -0.1) is 0 Å². The summed E-state index contributed by atoms with van der Waals surface area (Å²) in [5.41, 5.74) is 9.99. The predicted molar refractivity (Wildman–Crippen MR) is 177 cm³/mol. The second-order valence-electron chi connectivity index (χ2n) is 11.0. The summed E-state index contributed by atoms with van der Waals surface area (Å²) in [6, 6.07) is 8.76. The van der Waals surface area contributed by atoms with E-state index in [1.807, 2.05) is 0 Å². The molecule has 0 atom stereocenters. The van der Waals surface area contributed by atoms with Crippen LogP contribution in [0.2, 0.25) is 0 Å². The van der Waals surface area contributed by atoms with Crippen molar-refractivity contribution >= 4 is 63.8 Å². The van der Waals surface area contributed by atoms with Crippen LogP contribution in [0.4, 0.5) is 0 Å². The lowest BCUT2D eigenvalue weighted by molar-refractivity contribution is -0.671. The minimum atomic E-state index is -2.01. The van der Waals surface area contributed by atoms with Gasteiger partial charge < -0.3 is 66.2 Å². The highest BCUT2D eigenvalue weighted by Crippen LogP contribution is 2.41. The molecule has 11 heteroatoms. The molecule has 0 bridgehead atoms. The van der Waals surface area contributed by atoms with Crippen LogP contribution in [0.5, 0.6) is 0 Å². The molecule has 2 aliphatic heterocycles. The van der Waals surface area contributed by atoms with Crippen molar-refractivity contribution in [3.63, 3.8) is 0 Å². The fourth-order valence-electron chi connectivity index (χ4n) is 5.91. The summed E-state index contributed by atoms with van der Waals surface area (Å²) in [5, 5.41) is 0. The van der Waals surface area contributed by atoms with Gasteiger partial charge in [0.2, 0.25) is 0 Å². The highest BCUT2D eigenvalue weighted by atomic mass is 127. The van der Waals surface area contributed by atoms with E-state index in [9.17, 15) is 0 Å². The molecular weight excluding hydrogens is 979 g/mol. The maximum Gasteiger partial charge on any atom is 0.666 e. The zero-order chi connectivity index (χ0) is 28.6. The molecule has 5 rings (SSSR count). The van der Waals surface area contributed by atoms with Crippen molar-refractivity contribution in [1.29, 1.82) is 0 Å². The van der Waals surface area contributed by atoms with Crippen molar-refractivity contribution < 1.29 is 70.9 Å². The van der Waals surface area contributed by atoms with Crippen molar-refractivity contribution in [1.82, 2.24) is 4.48 Å². The van der Waals surface area contributed by atoms with E-state index in [0.29, 0.717) is 13.2 Å². The number of nitrogens with zero attached hydrogens (tertiary/aromatic N) is 4. The number of rotatable bonds is 10. The lowest BCUT2D eigenvalue weighted by Gasteiger charge is -2.42. The first-order valence-electron chi connectivity index (χ1n) is 14.0. The van der Waals surface area contributed by atoms with Gasteiger partial charge in [0.15, 0.2) is 30.5 Å². The minimum absolute atomic E-state index is 0. The van der Waals surface area contributed by atoms with E-state index in [0.717, 1.165) is 25.7 Å². The minimum Gasteiger partial charge on any atom is -1.00 e. The van der Waals surface area contributed by atoms with Crippen molar-refractivity contribution in [3.05, 3.63) is 95.6 Å². The zero-order valence-corrected chi connectivity index (χ0v) is 33.8. The number of pyridine rings is 2. The molecule has 0 saturated carbocycles. The Morgan fingerprint density at radius 1 is 0.786 bits per heavy atom. The predicted octanol–water partition coefficient (Wildman–Crippen LogP) is -0.500. The highest BCUT2D eigenvalue weighted by molar-refractivity contribution is 14.1. The van der Waals surface area contributed by atoms with Crippen LogP contribution in [0.3, 0.4) is 0 Å². The molecule has 3 aromatic rings. The van der Waals surface area contributed by atoms with E-state index in [2.05, 4.69) is 160 Å². The Hall–Kier alpha value is -0.365. The highest BCUT2D eigenvalue weighted by Gasteiger charge is 2.55. The Balaban J connectivity index is 0.00000242. The van der Waals surface area contributed by atoms with E-state index in [1.165, 1.54) is 52.2 Å². The molecule has 3 aromatic heterocycles. The topological polar surface area (TPSA) is 34.2 Å². The maximum absolute atomic E-state index is 7.07. The van der Waals surface area contributed by atoms with Gasteiger partial charge in [-0.05, 0) is 114 Å². The normalized spacial score (nSPS) is 15.2. The first kappa shape index (κ1) is 36.1. The smallest absolute Gasteiger partial charge is 0.666 e. The quantitative estimate of drug-likeness (QED) is 0.119. The van der Waals surface area contributed by atoms with Crippen LogP contribution in [0, 0.1) is 17.4 Å². The van der Waals surface area contributed by atoms with Crippen LogP contribution in [-0.4, -0.2) is 34.7 Å². The molecule has 0 saturated heterocycles. The molecule has 0 fully saturated rings. The van der Waals surface area contributed by atoms with Crippen molar-refractivity contribution in [2.45, 2.75) is 53.4 Å². The average Bonchev–Trinajstić information content (AvgIpc) is 3.31. The molecule has 2 aliphatic rings. The lowest BCUT2D eigenvalue weighted by atomic mass is 9.81. The zero-order valence-electron chi connectivity index (χ0n) is 25.1. The Morgan fingerprint density at radius 3 is 1.74 bits per heavy atom. The van der Waals surface area contributed by atoms with Crippen LogP contribution in [-0.2, 0) is 36.2 Å². The summed E-state index contributed by atoms with van der Waals surface area (Å²) in [6.45, 7) is 8.04. The monoisotopic (exact) mass is 1020 g/mol. The van der Waals surface area contributed by atoms with Gasteiger partial charge in [0, 0.05) is 65.3 Å². The first-order chi connectivity index (χ1) is 19.1. The van der Waals surface area contributed by atoms with E-state index in [4.69, 9.17) is 9.31 Å². The number of fused-ring (bicyclic) bond motifs is 2. The summed E-state index contributed by atoms with van der Waals surface area (Å²) in [7, 11) is 4.10. The van der Waals surface area contributed by atoms with Gasteiger partial charge in [0.1, 0.15) is 19.8 Å². The van der Waals surface area contributed by atoms with Crippen molar-refractivity contribution in [2.24, 2.45) is 14.1 Å². The molecule has 0 radical (unpaired) electrons. The van der Waals surface area contributed by atoms with E-state index < -0.39 is 6.82 Å². The average molecular weight is 1020 g/mol. The van der Waals surface area contributed by atoms with Gasteiger partial charge >= 0.3 is 6.82 Å². The van der Waals surface area contributed by atoms with Crippen molar-refractivity contribution in [3.8, 4) is 0 Å². The van der Waals surface area contributed by atoms with E-state index in [1.54, 1.807) is 0 Å². The van der Waals surface area contributed by atoms with Gasteiger partial charge in [-0.3, -0.25) is 0 Å². The van der Waals surface area contributed by atoms with Gasteiger partial charge in [0.25, 0.3) is 0 Å². The third-order valence-electron chi connectivity index (χ3n) is 8.21. The van der Waals surface area contributed by atoms with Gasteiger partial charge in [-0.1, -0.05) is 0 Å². The Labute approximate surface area is 312 Å². The number of halogens is 4. The van der Waals surface area contributed by atoms with Crippen molar-refractivity contribution in [2.75, 3.05) is 13.2 Å². The number of aryl methyl sites for hydroxylation is 4. The SMILES string of the molecule is CC1=C(I)C(C)=[N+]2C1=Cc1c(C)c(I)c(C)n1[B-]2(OCCCc1cc[n+](C)cc1)OCCCc1cc[n+](C)cc1.[I-].[I-]. The summed E-state index contributed by atoms with van der Waals surface area (Å²) in [5.74, 6) is 0. The maximum atomic E-state index is 7.07. The second-order valence-corrected chi connectivity index (χ2v) is 13.2. The molecule has 226 valence electrons. The molecule has 42 heavy (non-hydrogen) atoms. The number of hydrogen-bond donors (Lipinski definition) is 0. The third-order valence-corrected chi connectivity index (χ3v) is 11.4. The lowest BCUT2D eigenvalue weighted by Crippen LogP contribution is -3.00. The number of hydrogen-bond acceptors (Lipinski definition) is 2. The van der Waals surface area contributed by atoms with Crippen LogP contribution in [0.1, 0.15) is 54.8 Å². The van der Waals surface area contributed by atoms with Crippen LogP contribution >= 0.6 is 45.2 Å². The molecule has 0 unspecified atom stereocenters. The molecule has 0 N–H and O–H groups in total. The molecule has 0 spiro atoms. The summed E-state index contributed by atoms with van der Waals surface area (Å²) in [6.07, 6.45) is 14.5. The van der Waals surface area contributed by atoms with E-state index >= 15 is 0 Å². The Bertz CT molecular complexity index is 1480. The van der Waals surface area contributed by atoms with Crippen LogP contribution in [0.25, 0.3) is 6.08 Å². The summed E-state index contributed by atoms with van der Waals surface area (Å²) >= 11 is 4.96. The second kappa shape index (κ2) is 15.3. The number of allylic oxidation sites excluding steroid dienone is 2. The van der Waals surface area contributed by atoms with Gasteiger partial charge in [-0.2, -0.15) is 0 Å². The summed E-state index contributed by atoms with van der Waals surface area (Å²) in [4.78, 5) is 0. The molecule has 0 amide bonds. The molecule has 0 aromatic carbocycles. The largest absolute Gasteiger partial charge is 1.00 e. The summed E-state index contributed by atoms with van der Waals surface area (Å²) < 4.78 is 25.5.